The van der Waals surface area contributed by atoms with E-state index >= 15 is 0 Å². The fourth-order valence-electron chi connectivity index (χ4n) is 2.78. The molecule has 108 valence electrons. The highest BCUT2D eigenvalue weighted by Gasteiger charge is 2.05. The van der Waals surface area contributed by atoms with Gasteiger partial charge in [0.1, 0.15) is 0 Å². The van der Waals surface area contributed by atoms with Gasteiger partial charge in [-0.15, -0.1) is 9.24 Å². The Kier molecular flexibility index (Phi) is 10.3. The molecule has 1 aliphatic rings. The summed E-state index contributed by atoms with van der Waals surface area (Å²) in [5, 5.41) is 0. The maximum absolute atomic E-state index is 5.83. The average molecular weight is 272 g/mol. The lowest BCUT2D eigenvalue weighted by atomic mass is 9.96. The molecule has 3 unspecified atom stereocenters. The molecule has 0 bridgehead atoms. The van der Waals surface area contributed by atoms with Crippen LogP contribution in [-0.2, 0) is 4.74 Å². The maximum Gasteiger partial charge on any atom is 0.0708 e. The minimum Gasteiger partial charge on any atom is -0.374 e. The Hall–Kier alpha value is 0.390. The van der Waals surface area contributed by atoms with Crippen LogP contribution in [0.5, 0.6) is 0 Å². The van der Waals surface area contributed by atoms with Crippen molar-refractivity contribution < 1.29 is 4.74 Å². The highest BCUT2D eigenvalue weighted by atomic mass is 31.0. The van der Waals surface area contributed by atoms with E-state index in [4.69, 9.17) is 4.74 Å². The standard InChI is InChI=1S/C16H33OP/c1-15-11-7-4-2-3-5-10-14-17-16(18)13-9-6-8-12-15/h15-16H,2-14,18H2,1H3. The third kappa shape index (κ3) is 9.34. The molecule has 0 aliphatic carbocycles. The van der Waals surface area contributed by atoms with Gasteiger partial charge >= 0.3 is 0 Å². The second-order valence-electron chi connectivity index (χ2n) is 6.06. The third-order valence-corrected chi connectivity index (χ3v) is 4.63. The molecular formula is C16H33OP. The smallest absolute Gasteiger partial charge is 0.0708 e. The molecule has 1 heterocycles. The zero-order chi connectivity index (χ0) is 13.1. The SMILES string of the molecule is CC1CCCCCCCCOC(P)CCCCC1. The van der Waals surface area contributed by atoms with Crippen LogP contribution in [0, 0.1) is 5.92 Å². The van der Waals surface area contributed by atoms with E-state index in [0.717, 1.165) is 12.5 Å². The molecule has 1 saturated heterocycles. The molecule has 0 radical (unpaired) electrons. The number of hydrogen-bond acceptors (Lipinski definition) is 1. The Morgan fingerprint density at radius 2 is 1.22 bits per heavy atom. The highest BCUT2D eigenvalue weighted by Crippen LogP contribution is 2.20. The van der Waals surface area contributed by atoms with E-state index in [-0.39, 0.29) is 0 Å². The minimum atomic E-state index is 0.398. The van der Waals surface area contributed by atoms with Crippen LogP contribution in [-0.4, -0.2) is 12.5 Å². The van der Waals surface area contributed by atoms with E-state index in [1.807, 2.05) is 0 Å². The van der Waals surface area contributed by atoms with Crippen LogP contribution >= 0.6 is 9.24 Å². The van der Waals surface area contributed by atoms with Crippen molar-refractivity contribution in [2.24, 2.45) is 5.92 Å². The molecule has 1 aliphatic heterocycles. The summed E-state index contributed by atoms with van der Waals surface area (Å²) >= 11 is 0. The first-order chi connectivity index (χ1) is 8.79. The summed E-state index contributed by atoms with van der Waals surface area (Å²) in [6.07, 6.45) is 16.6. The van der Waals surface area contributed by atoms with Crippen molar-refractivity contribution in [3.8, 4) is 0 Å². The van der Waals surface area contributed by atoms with Crippen molar-refractivity contribution in [3.05, 3.63) is 0 Å². The summed E-state index contributed by atoms with van der Waals surface area (Å²) in [5.41, 5.74) is 0. The Bertz CT molecular complexity index is 166. The summed E-state index contributed by atoms with van der Waals surface area (Å²) in [5.74, 6) is 1.34. The predicted molar refractivity (Wildman–Crippen MR) is 84.0 cm³/mol. The molecule has 0 aromatic carbocycles. The predicted octanol–water partition coefficient (Wildman–Crippen LogP) is 5.54. The average Bonchev–Trinajstić information content (AvgIpc) is 2.35. The number of ether oxygens (including phenoxy) is 1. The van der Waals surface area contributed by atoms with Gasteiger partial charge in [0.05, 0.1) is 5.85 Å². The van der Waals surface area contributed by atoms with E-state index in [9.17, 15) is 0 Å². The molecule has 0 N–H and O–H groups in total. The van der Waals surface area contributed by atoms with Crippen molar-refractivity contribution in [2.45, 2.75) is 89.8 Å². The Morgan fingerprint density at radius 1 is 0.722 bits per heavy atom. The van der Waals surface area contributed by atoms with Gasteiger partial charge in [0, 0.05) is 6.61 Å². The fraction of sp³-hybridized carbons (Fsp3) is 1.00. The van der Waals surface area contributed by atoms with E-state index in [1.165, 1.54) is 77.0 Å². The first-order valence-corrected chi connectivity index (χ1v) is 8.83. The molecule has 2 heteroatoms. The lowest BCUT2D eigenvalue weighted by Crippen LogP contribution is -2.06. The summed E-state index contributed by atoms with van der Waals surface area (Å²) in [4.78, 5) is 0. The molecule has 0 aromatic rings. The Morgan fingerprint density at radius 3 is 1.94 bits per heavy atom. The van der Waals surface area contributed by atoms with Crippen LogP contribution < -0.4 is 0 Å². The van der Waals surface area contributed by atoms with Gasteiger partial charge in [0.2, 0.25) is 0 Å². The van der Waals surface area contributed by atoms with Gasteiger partial charge in [0.25, 0.3) is 0 Å². The normalized spacial score (nSPS) is 31.0. The van der Waals surface area contributed by atoms with Crippen molar-refractivity contribution in [1.82, 2.24) is 0 Å². The molecule has 1 fully saturated rings. The molecular weight excluding hydrogens is 239 g/mol. The molecule has 0 aromatic heterocycles. The van der Waals surface area contributed by atoms with Crippen molar-refractivity contribution in [3.63, 3.8) is 0 Å². The molecule has 3 atom stereocenters. The van der Waals surface area contributed by atoms with Gasteiger partial charge in [-0.2, -0.15) is 0 Å². The van der Waals surface area contributed by atoms with Crippen molar-refractivity contribution >= 4 is 9.24 Å². The highest BCUT2D eigenvalue weighted by molar-refractivity contribution is 7.17. The topological polar surface area (TPSA) is 9.23 Å². The molecule has 0 saturated carbocycles. The van der Waals surface area contributed by atoms with Crippen LogP contribution in [0.25, 0.3) is 0 Å². The molecule has 1 nitrogen and oxygen atoms in total. The van der Waals surface area contributed by atoms with E-state index < -0.39 is 0 Å². The second kappa shape index (κ2) is 11.2. The van der Waals surface area contributed by atoms with Gasteiger partial charge in [-0.25, -0.2) is 0 Å². The van der Waals surface area contributed by atoms with Crippen LogP contribution in [0.15, 0.2) is 0 Å². The molecule has 0 spiro atoms. The summed E-state index contributed by atoms with van der Waals surface area (Å²) in [6.45, 7) is 3.40. The van der Waals surface area contributed by atoms with Crippen LogP contribution in [0.3, 0.4) is 0 Å². The zero-order valence-corrected chi connectivity index (χ0v) is 13.5. The van der Waals surface area contributed by atoms with Gasteiger partial charge in [-0.3, -0.25) is 0 Å². The zero-order valence-electron chi connectivity index (χ0n) is 12.3. The van der Waals surface area contributed by atoms with E-state index in [0.29, 0.717) is 5.85 Å². The second-order valence-corrected chi connectivity index (χ2v) is 6.81. The fourth-order valence-corrected chi connectivity index (χ4v) is 3.15. The van der Waals surface area contributed by atoms with E-state index in [1.54, 1.807) is 0 Å². The van der Waals surface area contributed by atoms with Crippen LogP contribution in [0.2, 0.25) is 0 Å². The summed E-state index contributed by atoms with van der Waals surface area (Å²) < 4.78 is 5.83. The maximum atomic E-state index is 5.83. The van der Waals surface area contributed by atoms with Crippen LogP contribution in [0.1, 0.15) is 84.0 Å². The number of hydrogen-bond donors (Lipinski definition) is 0. The lowest BCUT2D eigenvalue weighted by Gasteiger charge is -2.14. The Labute approximate surface area is 117 Å². The largest absolute Gasteiger partial charge is 0.374 e. The van der Waals surface area contributed by atoms with Gasteiger partial charge in [-0.05, 0) is 18.8 Å². The van der Waals surface area contributed by atoms with E-state index in [2.05, 4.69) is 16.2 Å². The molecule has 18 heavy (non-hydrogen) atoms. The first kappa shape index (κ1) is 16.4. The van der Waals surface area contributed by atoms with Gasteiger partial charge < -0.3 is 4.74 Å². The van der Waals surface area contributed by atoms with Gasteiger partial charge in [0.15, 0.2) is 0 Å². The monoisotopic (exact) mass is 272 g/mol. The molecule has 0 amide bonds. The van der Waals surface area contributed by atoms with Gasteiger partial charge in [-0.1, -0.05) is 71.1 Å². The number of rotatable bonds is 0. The van der Waals surface area contributed by atoms with Crippen molar-refractivity contribution in [1.29, 1.82) is 0 Å². The third-order valence-electron chi connectivity index (χ3n) is 4.11. The quantitative estimate of drug-likeness (QED) is 0.526. The minimum absolute atomic E-state index is 0.398. The summed E-state index contributed by atoms with van der Waals surface area (Å²) in [6, 6.07) is 0. The van der Waals surface area contributed by atoms with Crippen molar-refractivity contribution in [2.75, 3.05) is 6.61 Å². The first-order valence-electron chi connectivity index (χ1n) is 8.16. The van der Waals surface area contributed by atoms with Crippen LogP contribution in [0.4, 0.5) is 0 Å². The molecule has 1 rings (SSSR count). The lowest BCUT2D eigenvalue weighted by molar-refractivity contribution is 0.100. The summed E-state index contributed by atoms with van der Waals surface area (Å²) in [7, 11) is 2.86. The Balaban J connectivity index is 2.17.